The van der Waals surface area contributed by atoms with Crippen LogP contribution < -0.4 is 5.32 Å². The number of piperazine rings is 1. The third-order valence-electron chi connectivity index (χ3n) is 2.31. The first-order chi connectivity index (χ1) is 6.86. The summed E-state index contributed by atoms with van der Waals surface area (Å²) in [7, 11) is 0. The number of nitrogens with zero attached hydrogens (tertiary/aromatic N) is 2. The van der Waals surface area contributed by atoms with Gasteiger partial charge in [-0.05, 0) is 0 Å². The second-order valence-electron chi connectivity index (χ2n) is 3.34. The predicted molar refractivity (Wildman–Crippen MR) is 49.7 cm³/mol. The van der Waals surface area contributed by atoms with E-state index in [9.17, 15) is 4.79 Å². The van der Waals surface area contributed by atoms with Gasteiger partial charge in [0.2, 0.25) is 5.91 Å². The largest absolute Gasteiger partial charge is 0.364 e. The van der Waals surface area contributed by atoms with Crippen molar-refractivity contribution in [2.24, 2.45) is 0 Å². The second kappa shape index (κ2) is 4.23. The fraction of sp³-hybridized carbons (Fsp3) is 0.556. The van der Waals surface area contributed by atoms with Crippen molar-refractivity contribution in [3.63, 3.8) is 0 Å². The molecule has 76 valence electrons. The van der Waals surface area contributed by atoms with E-state index in [1.165, 1.54) is 6.26 Å². The van der Waals surface area contributed by atoms with Crippen molar-refractivity contribution < 1.29 is 9.32 Å². The van der Waals surface area contributed by atoms with Gasteiger partial charge in [-0.1, -0.05) is 5.16 Å². The van der Waals surface area contributed by atoms with Crippen LogP contribution >= 0.6 is 0 Å². The third kappa shape index (κ3) is 2.11. The summed E-state index contributed by atoms with van der Waals surface area (Å²) in [5.74, 6) is 0.148. The van der Waals surface area contributed by atoms with E-state index < -0.39 is 0 Å². The summed E-state index contributed by atoms with van der Waals surface area (Å²) in [6, 6.07) is 0. The second-order valence-corrected chi connectivity index (χ2v) is 3.34. The first-order valence-corrected chi connectivity index (χ1v) is 4.73. The van der Waals surface area contributed by atoms with E-state index in [4.69, 9.17) is 0 Å². The van der Waals surface area contributed by atoms with Crippen molar-refractivity contribution >= 4 is 5.91 Å². The highest BCUT2D eigenvalue weighted by Gasteiger charge is 2.16. The van der Waals surface area contributed by atoms with Gasteiger partial charge < -0.3 is 14.7 Å². The number of carbonyl (C=O) groups is 1. The van der Waals surface area contributed by atoms with Crippen molar-refractivity contribution in [2.45, 2.75) is 6.42 Å². The molecule has 1 amide bonds. The maximum absolute atomic E-state index is 11.7. The summed E-state index contributed by atoms with van der Waals surface area (Å²) in [5, 5.41) is 6.77. The Bertz CT molecular complexity index is 291. The molecule has 5 nitrogen and oxygen atoms in total. The number of nitrogens with one attached hydrogen (secondary N) is 1. The van der Waals surface area contributed by atoms with Crippen LogP contribution in [0.15, 0.2) is 17.0 Å². The van der Waals surface area contributed by atoms with Gasteiger partial charge in [0.25, 0.3) is 0 Å². The lowest BCUT2D eigenvalue weighted by molar-refractivity contribution is -0.131. The average molecular weight is 195 g/mol. The molecule has 0 aromatic carbocycles. The number of rotatable bonds is 2. The molecule has 0 atom stereocenters. The van der Waals surface area contributed by atoms with Crippen LogP contribution in [0.4, 0.5) is 0 Å². The number of hydrogen-bond acceptors (Lipinski definition) is 4. The van der Waals surface area contributed by atoms with E-state index in [1.807, 2.05) is 4.90 Å². The van der Waals surface area contributed by atoms with Crippen LogP contribution in [0.1, 0.15) is 5.56 Å². The fourth-order valence-electron chi connectivity index (χ4n) is 1.51. The maximum Gasteiger partial charge on any atom is 0.227 e. The lowest BCUT2D eigenvalue weighted by atomic mass is 10.2. The Hall–Kier alpha value is -1.36. The van der Waals surface area contributed by atoms with Crippen LogP contribution in [0.5, 0.6) is 0 Å². The van der Waals surface area contributed by atoms with Gasteiger partial charge in [-0.3, -0.25) is 4.79 Å². The Balaban J connectivity index is 1.88. The Morgan fingerprint density at radius 2 is 2.36 bits per heavy atom. The van der Waals surface area contributed by atoms with Crippen molar-refractivity contribution in [3.05, 3.63) is 18.0 Å². The normalized spacial score (nSPS) is 17.0. The number of hydrogen-bond donors (Lipinski definition) is 1. The van der Waals surface area contributed by atoms with Crippen LogP contribution in [0.3, 0.4) is 0 Å². The summed E-state index contributed by atoms with van der Waals surface area (Å²) < 4.78 is 4.67. The SMILES string of the molecule is O=C(Cc1cnoc1)N1CCNCC1. The molecule has 0 aliphatic carbocycles. The minimum absolute atomic E-state index is 0.148. The van der Waals surface area contributed by atoms with E-state index in [2.05, 4.69) is 15.0 Å². The quantitative estimate of drug-likeness (QED) is 0.700. The molecule has 1 fully saturated rings. The molecule has 1 aliphatic heterocycles. The van der Waals surface area contributed by atoms with E-state index in [-0.39, 0.29) is 5.91 Å². The van der Waals surface area contributed by atoms with E-state index in [0.29, 0.717) is 6.42 Å². The Labute approximate surface area is 82.1 Å². The van der Waals surface area contributed by atoms with Crippen LogP contribution in [-0.2, 0) is 11.2 Å². The molecule has 0 saturated carbocycles. The predicted octanol–water partition coefficient (Wildman–Crippen LogP) is -0.351. The fourth-order valence-corrected chi connectivity index (χ4v) is 1.51. The van der Waals surface area contributed by atoms with E-state index >= 15 is 0 Å². The monoisotopic (exact) mass is 195 g/mol. The van der Waals surface area contributed by atoms with Gasteiger partial charge in [0.05, 0.1) is 12.6 Å². The van der Waals surface area contributed by atoms with Crippen LogP contribution in [-0.4, -0.2) is 42.1 Å². The first kappa shape index (κ1) is 9.21. The Morgan fingerprint density at radius 3 is 3.00 bits per heavy atom. The summed E-state index contributed by atoms with van der Waals surface area (Å²) in [6.07, 6.45) is 3.49. The molecule has 1 aliphatic rings. The van der Waals surface area contributed by atoms with Gasteiger partial charge in [0, 0.05) is 31.7 Å². The zero-order valence-electron chi connectivity index (χ0n) is 7.90. The Morgan fingerprint density at radius 1 is 1.57 bits per heavy atom. The molecule has 1 aromatic rings. The van der Waals surface area contributed by atoms with Gasteiger partial charge in [0.1, 0.15) is 6.26 Å². The summed E-state index contributed by atoms with van der Waals surface area (Å²) >= 11 is 0. The molecule has 0 bridgehead atoms. The summed E-state index contributed by atoms with van der Waals surface area (Å²) in [5.41, 5.74) is 0.841. The molecule has 0 spiro atoms. The van der Waals surface area contributed by atoms with Gasteiger partial charge in [-0.15, -0.1) is 0 Å². The molecule has 1 aromatic heterocycles. The Kier molecular flexibility index (Phi) is 2.78. The minimum atomic E-state index is 0.148. The van der Waals surface area contributed by atoms with Crippen molar-refractivity contribution in [2.75, 3.05) is 26.2 Å². The van der Waals surface area contributed by atoms with Crippen LogP contribution in [0.2, 0.25) is 0 Å². The van der Waals surface area contributed by atoms with Crippen molar-refractivity contribution in [1.82, 2.24) is 15.4 Å². The topological polar surface area (TPSA) is 58.4 Å². The average Bonchev–Trinajstić information content (AvgIpc) is 2.72. The highest BCUT2D eigenvalue weighted by atomic mass is 16.5. The molecule has 1 N–H and O–H groups in total. The smallest absolute Gasteiger partial charge is 0.227 e. The molecule has 5 heteroatoms. The molecule has 2 heterocycles. The lowest BCUT2D eigenvalue weighted by Gasteiger charge is -2.27. The van der Waals surface area contributed by atoms with Gasteiger partial charge in [-0.25, -0.2) is 0 Å². The number of carbonyl (C=O) groups excluding carboxylic acids is 1. The zero-order valence-corrected chi connectivity index (χ0v) is 7.90. The molecule has 0 radical (unpaired) electrons. The molecule has 2 rings (SSSR count). The molecular formula is C9H13N3O2. The molecule has 0 unspecified atom stereocenters. The number of aromatic nitrogens is 1. The van der Waals surface area contributed by atoms with Gasteiger partial charge >= 0.3 is 0 Å². The maximum atomic E-state index is 11.7. The van der Waals surface area contributed by atoms with E-state index in [1.54, 1.807) is 6.20 Å². The standard InChI is InChI=1S/C9H13N3O2/c13-9(5-8-6-11-14-7-8)12-3-1-10-2-4-12/h6-7,10H,1-5H2. The van der Waals surface area contributed by atoms with Crippen LogP contribution in [0.25, 0.3) is 0 Å². The zero-order chi connectivity index (χ0) is 9.80. The van der Waals surface area contributed by atoms with E-state index in [0.717, 1.165) is 31.7 Å². The van der Waals surface area contributed by atoms with Gasteiger partial charge in [0.15, 0.2) is 0 Å². The minimum Gasteiger partial charge on any atom is -0.364 e. The molecule has 1 saturated heterocycles. The molecular weight excluding hydrogens is 182 g/mol. The van der Waals surface area contributed by atoms with Crippen molar-refractivity contribution in [3.8, 4) is 0 Å². The summed E-state index contributed by atoms with van der Waals surface area (Å²) in [6.45, 7) is 3.36. The highest BCUT2D eigenvalue weighted by molar-refractivity contribution is 5.78. The van der Waals surface area contributed by atoms with Gasteiger partial charge in [-0.2, -0.15) is 0 Å². The highest BCUT2D eigenvalue weighted by Crippen LogP contribution is 2.02. The van der Waals surface area contributed by atoms with Crippen molar-refractivity contribution in [1.29, 1.82) is 0 Å². The first-order valence-electron chi connectivity index (χ1n) is 4.73. The lowest BCUT2D eigenvalue weighted by Crippen LogP contribution is -2.46. The summed E-state index contributed by atoms with van der Waals surface area (Å²) in [4.78, 5) is 13.6. The third-order valence-corrected chi connectivity index (χ3v) is 2.31. The van der Waals surface area contributed by atoms with Crippen LogP contribution in [0, 0.1) is 0 Å². The number of amides is 1. The molecule has 14 heavy (non-hydrogen) atoms.